The molecule has 1 aromatic heterocycles. The van der Waals surface area contributed by atoms with E-state index in [1.54, 1.807) is 0 Å². The molecular weight excluding hydrogens is 351 g/mol. The standard InChI is InChI=1S/C17H24F3N3O3/c1-12(2)14(22-6-8-26-9-7-22)10-21-15(24)11-23-5-3-4-13(16(23)25)17(18,19)20/h3-5,12,14H,6-11H2,1-2H3,(H,21,24). The van der Waals surface area contributed by atoms with Crippen molar-refractivity contribution < 1.29 is 22.7 Å². The number of carbonyl (C=O) groups excluding carboxylic acids is 1. The fourth-order valence-corrected chi connectivity index (χ4v) is 3.00. The van der Waals surface area contributed by atoms with Crippen molar-refractivity contribution in [3.63, 3.8) is 0 Å². The zero-order valence-corrected chi connectivity index (χ0v) is 14.9. The molecule has 0 saturated carbocycles. The van der Waals surface area contributed by atoms with Gasteiger partial charge in [-0.15, -0.1) is 0 Å². The third-order valence-electron chi connectivity index (χ3n) is 4.43. The Morgan fingerprint density at radius 1 is 1.31 bits per heavy atom. The third kappa shape index (κ3) is 5.31. The summed E-state index contributed by atoms with van der Waals surface area (Å²) in [5, 5.41) is 2.73. The highest BCUT2D eigenvalue weighted by Crippen LogP contribution is 2.25. The molecule has 9 heteroatoms. The van der Waals surface area contributed by atoms with Gasteiger partial charge in [0, 0.05) is 31.9 Å². The van der Waals surface area contributed by atoms with Crippen LogP contribution in [0.15, 0.2) is 23.1 Å². The molecule has 2 heterocycles. The van der Waals surface area contributed by atoms with Crippen molar-refractivity contribution in [1.82, 2.24) is 14.8 Å². The van der Waals surface area contributed by atoms with Crippen molar-refractivity contribution in [3.05, 3.63) is 34.2 Å². The van der Waals surface area contributed by atoms with E-state index in [-0.39, 0.29) is 12.0 Å². The third-order valence-corrected chi connectivity index (χ3v) is 4.43. The summed E-state index contributed by atoms with van der Waals surface area (Å²) in [5.41, 5.74) is -2.50. The van der Waals surface area contributed by atoms with E-state index in [1.165, 1.54) is 6.20 Å². The number of halogens is 3. The quantitative estimate of drug-likeness (QED) is 0.815. The number of nitrogens with one attached hydrogen (secondary N) is 1. The van der Waals surface area contributed by atoms with Gasteiger partial charge in [-0.3, -0.25) is 14.5 Å². The molecule has 0 bridgehead atoms. The first-order valence-corrected chi connectivity index (χ1v) is 8.55. The van der Waals surface area contributed by atoms with Crippen LogP contribution >= 0.6 is 0 Å². The largest absolute Gasteiger partial charge is 0.421 e. The van der Waals surface area contributed by atoms with E-state index in [4.69, 9.17) is 4.74 Å². The maximum absolute atomic E-state index is 12.8. The Bertz CT molecular complexity index is 667. The molecule has 1 N–H and O–H groups in total. The normalized spacial score (nSPS) is 17.3. The van der Waals surface area contributed by atoms with Gasteiger partial charge in [0.1, 0.15) is 12.1 Å². The first-order valence-electron chi connectivity index (χ1n) is 8.55. The van der Waals surface area contributed by atoms with Crippen LogP contribution in [0.1, 0.15) is 19.4 Å². The molecule has 1 aromatic rings. The molecule has 0 spiro atoms. The van der Waals surface area contributed by atoms with E-state index in [0.717, 1.165) is 23.7 Å². The maximum atomic E-state index is 12.8. The zero-order chi connectivity index (χ0) is 19.3. The molecule has 0 radical (unpaired) electrons. The molecule has 6 nitrogen and oxygen atoms in total. The molecule has 1 saturated heterocycles. The van der Waals surface area contributed by atoms with E-state index in [0.29, 0.717) is 25.8 Å². The van der Waals surface area contributed by atoms with Crippen LogP contribution in [0, 0.1) is 5.92 Å². The summed E-state index contributed by atoms with van der Waals surface area (Å²) in [6, 6.07) is 1.92. The topological polar surface area (TPSA) is 63.6 Å². The number of ether oxygens (including phenoxy) is 1. The van der Waals surface area contributed by atoms with Crippen molar-refractivity contribution >= 4 is 5.91 Å². The summed E-state index contributed by atoms with van der Waals surface area (Å²) in [6.07, 6.45) is -3.56. The maximum Gasteiger partial charge on any atom is 0.421 e. The minimum atomic E-state index is -4.74. The molecule has 0 aromatic carbocycles. The van der Waals surface area contributed by atoms with Gasteiger partial charge in [0.05, 0.1) is 13.2 Å². The average molecular weight is 375 g/mol. The second-order valence-corrected chi connectivity index (χ2v) is 6.62. The number of hydrogen-bond donors (Lipinski definition) is 1. The second kappa shape index (κ2) is 8.68. The van der Waals surface area contributed by atoms with Crippen LogP contribution in [0.2, 0.25) is 0 Å². The van der Waals surface area contributed by atoms with Gasteiger partial charge in [-0.25, -0.2) is 0 Å². The molecule has 1 atom stereocenters. The lowest BCUT2D eigenvalue weighted by Crippen LogP contribution is -2.51. The van der Waals surface area contributed by atoms with Crippen LogP contribution in [0.3, 0.4) is 0 Å². The van der Waals surface area contributed by atoms with Crippen molar-refractivity contribution in [1.29, 1.82) is 0 Å². The summed E-state index contributed by atoms with van der Waals surface area (Å²) < 4.78 is 44.5. The number of morpholine rings is 1. The number of alkyl halides is 3. The summed E-state index contributed by atoms with van der Waals surface area (Å²) >= 11 is 0. The Balaban J connectivity index is 1.99. The zero-order valence-electron chi connectivity index (χ0n) is 14.9. The molecule has 2 rings (SSSR count). The Hall–Kier alpha value is -1.87. The van der Waals surface area contributed by atoms with E-state index in [2.05, 4.69) is 10.2 Å². The van der Waals surface area contributed by atoms with Gasteiger partial charge in [0.2, 0.25) is 5.91 Å². The monoisotopic (exact) mass is 375 g/mol. The van der Waals surface area contributed by atoms with Crippen LogP contribution in [0.25, 0.3) is 0 Å². The van der Waals surface area contributed by atoms with Gasteiger partial charge in [-0.05, 0) is 18.1 Å². The average Bonchev–Trinajstić information content (AvgIpc) is 2.56. The highest BCUT2D eigenvalue weighted by atomic mass is 19.4. The van der Waals surface area contributed by atoms with Crippen molar-refractivity contribution in [3.8, 4) is 0 Å². The summed E-state index contributed by atoms with van der Waals surface area (Å²) in [6.45, 7) is 6.82. The van der Waals surface area contributed by atoms with E-state index in [1.807, 2.05) is 13.8 Å². The van der Waals surface area contributed by atoms with Crippen molar-refractivity contribution in [2.75, 3.05) is 32.8 Å². The fraction of sp³-hybridized carbons (Fsp3) is 0.647. The number of carbonyl (C=O) groups is 1. The molecule has 1 aliphatic heterocycles. The first kappa shape index (κ1) is 20.4. The Kier molecular flexibility index (Phi) is 6.82. The summed E-state index contributed by atoms with van der Waals surface area (Å²) in [7, 11) is 0. The molecule has 0 aliphatic carbocycles. The molecule has 1 amide bonds. The van der Waals surface area contributed by atoms with Crippen LogP contribution in [-0.4, -0.2) is 54.3 Å². The van der Waals surface area contributed by atoms with E-state index in [9.17, 15) is 22.8 Å². The Morgan fingerprint density at radius 3 is 2.54 bits per heavy atom. The summed E-state index contributed by atoms with van der Waals surface area (Å²) in [5.74, 6) is -0.213. The van der Waals surface area contributed by atoms with Crippen molar-refractivity contribution in [2.45, 2.75) is 32.6 Å². The lowest BCUT2D eigenvalue weighted by molar-refractivity contribution is -0.139. The first-order chi connectivity index (χ1) is 12.2. The number of pyridine rings is 1. The predicted molar refractivity (Wildman–Crippen MR) is 89.7 cm³/mol. The smallest absolute Gasteiger partial charge is 0.379 e. The van der Waals surface area contributed by atoms with E-state index < -0.39 is 29.8 Å². The van der Waals surface area contributed by atoms with Gasteiger partial charge in [-0.1, -0.05) is 13.8 Å². The number of rotatable bonds is 6. The molecular formula is C17H24F3N3O3. The number of nitrogens with zero attached hydrogens (tertiary/aromatic N) is 2. The van der Waals surface area contributed by atoms with Gasteiger partial charge in [0.25, 0.3) is 5.56 Å². The minimum Gasteiger partial charge on any atom is -0.379 e. The fourth-order valence-electron chi connectivity index (χ4n) is 3.00. The lowest BCUT2D eigenvalue weighted by Gasteiger charge is -2.36. The van der Waals surface area contributed by atoms with Crippen molar-refractivity contribution in [2.24, 2.45) is 5.92 Å². The molecule has 26 heavy (non-hydrogen) atoms. The predicted octanol–water partition coefficient (Wildman–Crippen LogP) is 1.34. The number of aromatic nitrogens is 1. The van der Waals surface area contributed by atoms with Crippen LogP contribution < -0.4 is 10.9 Å². The molecule has 1 fully saturated rings. The van der Waals surface area contributed by atoms with Gasteiger partial charge in [-0.2, -0.15) is 13.2 Å². The van der Waals surface area contributed by atoms with E-state index >= 15 is 0 Å². The van der Waals surface area contributed by atoms with Gasteiger partial charge in [0.15, 0.2) is 0 Å². The highest BCUT2D eigenvalue weighted by molar-refractivity contribution is 5.75. The number of hydrogen-bond acceptors (Lipinski definition) is 4. The highest BCUT2D eigenvalue weighted by Gasteiger charge is 2.34. The second-order valence-electron chi connectivity index (χ2n) is 6.62. The molecule has 1 aliphatic rings. The molecule has 1 unspecified atom stereocenters. The van der Waals surface area contributed by atoms with Gasteiger partial charge < -0.3 is 14.6 Å². The van der Waals surface area contributed by atoms with Gasteiger partial charge >= 0.3 is 6.18 Å². The Labute approximate surface area is 149 Å². The SMILES string of the molecule is CC(C)C(CNC(=O)Cn1cccc(C(F)(F)F)c1=O)N1CCOCC1. The molecule has 146 valence electrons. The van der Waals surface area contributed by atoms with Crippen LogP contribution in [0.5, 0.6) is 0 Å². The lowest BCUT2D eigenvalue weighted by atomic mass is 10.0. The van der Waals surface area contributed by atoms with Crippen LogP contribution in [-0.2, 0) is 22.3 Å². The Morgan fingerprint density at radius 2 is 1.96 bits per heavy atom. The number of amides is 1. The minimum absolute atomic E-state index is 0.0982. The summed E-state index contributed by atoms with van der Waals surface area (Å²) in [4.78, 5) is 26.3. The van der Waals surface area contributed by atoms with Crippen LogP contribution in [0.4, 0.5) is 13.2 Å².